The van der Waals surface area contributed by atoms with Gasteiger partial charge in [0.05, 0.1) is 6.10 Å². The van der Waals surface area contributed by atoms with E-state index in [4.69, 9.17) is 4.74 Å². The third-order valence-electron chi connectivity index (χ3n) is 3.89. The number of aliphatic carboxylic acids is 1. The van der Waals surface area contributed by atoms with Gasteiger partial charge in [0.1, 0.15) is 11.9 Å². The van der Waals surface area contributed by atoms with E-state index in [-0.39, 0.29) is 6.10 Å². The number of imidazole rings is 1. The lowest BCUT2D eigenvalue weighted by molar-refractivity contribution is -0.141. The summed E-state index contributed by atoms with van der Waals surface area (Å²) in [6.07, 6.45) is 7.51. The Morgan fingerprint density at radius 1 is 1.50 bits per heavy atom. The predicted molar refractivity (Wildman–Crippen MR) is 64.5 cm³/mol. The van der Waals surface area contributed by atoms with E-state index in [1.165, 1.54) is 0 Å². The van der Waals surface area contributed by atoms with Gasteiger partial charge in [-0.25, -0.2) is 9.78 Å². The average molecular weight is 250 g/mol. The number of hydrogen-bond acceptors (Lipinski definition) is 3. The van der Waals surface area contributed by atoms with E-state index < -0.39 is 12.0 Å². The molecule has 1 aromatic rings. The summed E-state index contributed by atoms with van der Waals surface area (Å²) in [5.41, 5.74) is 1.06. The second kappa shape index (κ2) is 4.72. The zero-order valence-electron chi connectivity index (χ0n) is 10.3. The van der Waals surface area contributed by atoms with Crippen molar-refractivity contribution in [3.05, 3.63) is 17.7 Å². The van der Waals surface area contributed by atoms with Gasteiger partial charge in [-0.2, -0.15) is 0 Å². The largest absolute Gasteiger partial charge is 0.480 e. The van der Waals surface area contributed by atoms with Crippen molar-refractivity contribution in [3.63, 3.8) is 0 Å². The maximum Gasteiger partial charge on any atom is 0.326 e. The molecule has 3 heterocycles. The minimum absolute atomic E-state index is 0.216. The lowest BCUT2D eigenvalue weighted by Crippen LogP contribution is -2.27. The van der Waals surface area contributed by atoms with Crippen LogP contribution in [0.25, 0.3) is 0 Å². The second-order valence-corrected chi connectivity index (χ2v) is 5.12. The number of nitrogens with zero attached hydrogens (tertiary/aromatic N) is 2. The van der Waals surface area contributed by atoms with Crippen molar-refractivity contribution in [2.45, 2.75) is 50.7 Å². The SMILES string of the molecule is O=C(O)C1CCCc2cnc(CC3CCCO3)n21. The molecule has 18 heavy (non-hydrogen) atoms. The molecule has 0 radical (unpaired) electrons. The summed E-state index contributed by atoms with van der Waals surface area (Å²) in [6.45, 7) is 0.820. The Morgan fingerprint density at radius 3 is 3.11 bits per heavy atom. The van der Waals surface area contributed by atoms with Crippen molar-refractivity contribution in [1.82, 2.24) is 9.55 Å². The minimum Gasteiger partial charge on any atom is -0.480 e. The maximum atomic E-state index is 11.3. The summed E-state index contributed by atoms with van der Waals surface area (Å²) in [6, 6.07) is -0.437. The van der Waals surface area contributed by atoms with Crippen LogP contribution in [0.4, 0.5) is 0 Å². The number of ether oxygens (including phenoxy) is 1. The molecule has 3 rings (SSSR count). The average Bonchev–Trinajstić information content (AvgIpc) is 2.99. The molecule has 0 spiro atoms. The van der Waals surface area contributed by atoms with Crippen molar-refractivity contribution in [2.24, 2.45) is 0 Å². The van der Waals surface area contributed by atoms with E-state index in [1.54, 1.807) is 0 Å². The molecule has 1 N–H and O–H groups in total. The summed E-state index contributed by atoms with van der Waals surface area (Å²) in [5.74, 6) is 0.131. The van der Waals surface area contributed by atoms with Crippen LogP contribution in [0, 0.1) is 0 Å². The monoisotopic (exact) mass is 250 g/mol. The fourth-order valence-electron chi connectivity index (χ4n) is 3.00. The van der Waals surface area contributed by atoms with Crippen LogP contribution in [-0.4, -0.2) is 33.3 Å². The van der Waals surface area contributed by atoms with Crippen LogP contribution in [0.3, 0.4) is 0 Å². The number of fused-ring (bicyclic) bond motifs is 1. The minimum atomic E-state index is -0.748. The molecule has 5 nitrogen and oxygen atoms in total. The second-order valence-electron chi connectivity index (χ2n) is 5.12. The van der Waals surface area contributed by atoms with Crippen LogP contribution in [0.15, 0.2) is 6.20 Å². The Balaban J connectivity index is 1.86. The summed E-state index contributed by atoms with van der Waals surface area (Å²) in [5, 5.41) is 9.31. The molecule has 0 aliphatic carbocycles. The first kappa shape index (κ1) is 11.7. The first-order valence-corrected chi connectivity index (χ1v) is 6.65. The zero-order valence-corrected chi connectivity index (χ0v) is 10.3. The zero-order chi connectivity index (χ0) is 12.5. The van der Waals surface area contributed by atoms with Gasteiger partial charge in [-0.1, -0.05) is 0 Å². The molecule has 98 valence electrons. The van der Waals surface area contributed by atoms with Crippen molar-refractivity contribution in [1.29, 1.82) is 0 Å². The van der Waals surface area contributed by atoms with E-state index in [0.29, 0.717) is 6.42 Å². The molecule has 0 saturated carbocycles. The van der Waals surface area contributed by atoms with Crippen molar-refractivity contribution >= 4 is 5.97 Å². The molecular weight excluding hydrogens is 232 g/mol. The van der Waals surface area contributed by atoms with Crippen LogP contribution < -0.4 is 0 Å². The number of carboxylic acids is 1. The molecule has 2 atom stereocenters. The molecule has 0 aromatic carbocycles. The summed E-state index contributed by atoms with van der Waals surface area (Å²) < 4.78 is 7.54. The Labute approximate surface area is 106 Å². The van der Waals surface area contributed by atoms with Crippen LogP contribution >= 0.6 is 0 Å². The fraction of sp³-hybridized carbons (Fsp3) is 0.692. The van der Waals surface area contributed by atoms with Gasteiger partial charge >= 0.3 is 5.97 Å². The predicted octanol–water partition coefficient (Wildman–Crippen LogP) is 1.57. The van der Waals surface area contributed by atoms with Gasteiger partial charge in [0.15, 0.2) is 0 Å². The number of rotatable bonds is 3. The van der Waals surface area contributed by atoms with Crippen LogP contribution in [-0.2, 0) is 22.4 Å². The lowest BCUT2D eigenvalue weighted by atomic mass is 10.0. The Bertz CT molecular complexity index is 449. The normalized spacial score (nSPS) is 27.1. The number of carboxylic acid groups (broad SMARTS) is 1. The van der Waals surface area contributed by atoms with E-state index in [9.17, 15) is 9.90 Å². The molecule has 1 aromatic heterocycles. The van der Waals surface area contributed by atoms with Gasteiger partial charge < -0.3 is 14.4 Å². The number of hydrogen-bond donors (Lipinski definition) is 1. The first-order chi connectivity index (χ1) is 8.75. The molecule has 2 aliphatic heterocycles. The van der Waals surface area contributed by atoms with E-state index in [1.807, 2.05) is 10.8 Å². The number of aromatic nitrogens is 2. The van der Waals surface area contributed by atoms with Gasteiger partial charge in [-0.3, -0.25) is 0 Å². The van der Waals surface area contributed by atoms with E-state index in [0.717, 1.165) is 50.2 Å². The van der Waals surface area contributed by atoms with Gasteiger partial charge in [0, 0.05) is 24.9 Å². The van der Waals surface area contributed by atoms with Crippen LogP contribution in [0.5, 0.6) is 0 Å². The topological polar surface area (TPSA) is 64.3 Å². The van der Waals surface area contributed by atoms with Crippen molar-refractivity contribution in [3.8, 4) is 0 Å². The number of carbonyl (C=O) groups is 1. The number of aryl methyl sites for hydroxylation is 1. The van der Waals surface area contributed by atoms with Gasteiger partial charge in [0.2, 0.25) is 0 Å². The van der Waals surface area contributed by atoms with Crippen molar-refractivity contribution in [2.75, 3.05) is 6.61 Å². The van der Waals surface area contributed by atoms with E-state index in [2.05, 4.69) is 4.98 Å². The molecular formula is C13H18N2O3. The Hall–Kier alpha value is -1.36. The molecule has 1 saturated heterocycles. The Morgan fingerprint density at radius 2 is 2.39 bits per heavy atom. The smallest absolute Gasteiger partial charge is 0.326 e. The molecule has 1 fully saturated rings. The standard InChI is InChI=1S/C13H18N2O3/c16-13(17)11-5-1-3-9-8-14-12(15(9)11)7-10-4-2-6-18-10/h8,10-11H,1-7H2,(H,16,17). The van der Waals surface area contributed by atoms with Crippen LogP contribution in [0.1, 0.15) is 43.2 Å². The van der Waals surface area contributed by atoms with Crippen LogP contribution in [0.2, 0.25) is 0 Å². The highest BCUT2D eigenvalue weighted by atomic mass is 16.5. The summed E-state index contributed by atoms with van der Waals surface area (Å²) >= 11 is 0. The third-order valence-corrected chi connectivity index (χ3v) is 3.89. The highest BCUT2D eigenvalue weighted by Gasteiger charge is 2.29. The van der Waals surface area contributed by atoms with Gasteiger partial charge in [-0.15, -0.1) is 0 Å². The van der Waals surface area contributed by atoms with Crippen molar-refractivity contribution < 1.29 is 14.6 Å². The lowest BCUT2D eigenvalue weighted by Gasteiger charge is -2.24. The maximum absolute atomic E-state index is 11.3. The quantitative estimate of drug-likeness (QED) is 0.884. The molecule has 2 unspecified atom stereocenters. The molecule has 2 aliphatic rings. The van der Waals surface area contributed by atoms with Gasteiger partial charge in [-0.05, 0) is 32.1 Å². The van der Waals surface area contributed by atoms with E-state index >= 15 is 0 Å². The first-order valence-electron chi connectivity index (χ1n) is 6.65. The summed E-state index contributed by atoms with van der Waals surface area (Å²) in [4.78, 5) is 15.7. The molecule has 5 heteroatoms. The summed E-state index contributed by atoms with van der Waals surface area (Å²) in [7, 11) is 0. The Kier molecular flexibility index (Phi) is 3.07. The molecule has 0 amide bonds. The highest BCUT2D eigenvalue weighted by molar-refractivity contribution is 5.72. The molecule has 0 bridgehead atoms. The third kappa shape index (κ3) is 2.03. The highest BCUT2D eigenvalue weighted by Crippen LogP contribution is 2.28. The fourth-order valence-corrected chi connectivity index (χ4v) is 3.00. The van der Waals surface area contributed by atoms with Gasteiger partial charge in [0.25, 0.3) is 0 Å².